The van der Waals surface area contributed by atoms with Crippen molar-refractivity contribution in [1.29, 1.82) is 0 Å². The molecule has 1 saturated heterocycles. The van der Waals surface area contributed by atoms with Crippen LogP contribution in [0.2, 0.25) is 0 Å². The molecule has 0 bridgehead atoms. The third-order valence-electron chi connectivity index (χ3n) is 6.40. The Morgan fingerprint density at radius 2 is 1.80 bits per heavy atom. The third-order valence-corrected chi connectivity index (χ3v) is 6.40. The summed E-state index contributed by atoms with van der Waals surface area (Å²) in [7, 11) is 3.25. The average molecular weight is 482 g/mol. The summed E-state index contributed by atoms with van der Waals surface area (Å²) in [5, 5.41) is 18.2. The maximum atomic E-state index is 9.71. The first kappa shape index (κ1) is 30.6. The fourth-order valence-electron chi connectivity index (χ4n) is 4.81. The highest BCUT2D eigenvalue weighted by Crippen LogP contribution is 2.45. The highest BCUT2D eigenvalue weighted by Gasteiger charge is 2.31. The van der Waals surface area contributed by atoms with Gasteiger partial charge >= 0.3 is 0 Å². The molecule has 0 aromatic heterocycles. The minimum atomic E-state index is 0.319. The van der Waals surface area contributed by atoms with E-state index in [0.29, 0.717) is 24.2 Å². The molecular formula is C31H47NO3. The van der Waals surface area contributed by atoms with Crippen LogP contribution in [-0.4, -0.2) is 55.6 Å². The second-order valence-electron chi connectivity index (χ2n) is 9.10. The van der Waals surface area contributed by atoms with Gasteiger partial charge in [-0.15, -0.1) is 0 Å². The number of nitrogens with zero attached hydrogens (tertiary/aromatic N) is 1. The lowest BCUT2D eigenvalue weighted by atomic mass is 9.69. The normalized spacial score (nSPS) is 21.3. The van der Waals surface area contributed by atoms with E-state index in [0.717, 1.165) is 19.4 Å². The van der Waals surface area contributed by atoms with Crippen LogP contribution in [0.5, 0.6) is 0 Å². The fourth-order valence-corrected chi connectivity index (χ4v) is 4.81. The van der Waals surface area contributed by atoms with Gasteiger partial charge in [0.15, 0.2) is 0 Å². The first-order valence-electron chi connectivity index (χ1n) is 12.7. The van der Waals surface area contributed by atoms with Gasteiger partial charge in [0.2, 0.25) is 0 Å². The summed E-state index contributed by atoms with van der Waals surface area (Å²) < 4.78 is 4.25. The van der Waals surface area contributed by atoms with Gasteiger partial charge in [-0.25, -0.2) is 0 Å². The van der Waals surface area contributed by atoms with Gasteiger partial charge in [-0.05, 0) is 88.2 Å². The lowest BCUT2D eigenvalue weighted by Crippen LogP contribution is -2.22. The van der Waals surface area contributed by atoms with E-state index in [4.69, 9.17) is 5.11 Å². The Hall–Kier alpha value is -2.40. The van der Waals surface area contributed by atoms with Crippen LogP contribution in [0.15, 0.2) is 89.8 Å². The third kappa shape index (κ3) is 10.8. The predicted octanol–water partition coefficient (Wildman–Crippen LogP) is 6.98. The van der Waals surface area contributed by atoms with E-state index in [-0.39, 0.29) is 0 Å². The minimum absolute atomic E-state index is 0.319. The molecule has 1 aliphatic heterocycles. The maximum absolute atomic E-state index is 9.71. The van der Waals surface area contributed by atoms with Crippen molar-refractivity contribution in [2.45, 2.75) is 52.4 Å². The van der Waals surface area contributed by atoms with Crippen LogP contribution in [-0.2, 0) is 4.74 Å². The van der Waals surface area contributed by atoms with Crippen LogP contribution < -0.4 is 0 Å². The number of β-amino-alcohol motifs (C(OH)–C–C–N with tert-alkyl or cyclic N) is 1. The van der Waals surface area contributed by atoms with E-state index in [2.05, 4.69) is 71.7 Å². The molecule has 4 nitrogen and oxygen atoms in total. The van der Waals surface area contributed by atoms with Crippen molar-refractivity contribution in [3.05, 3.63) is 95.3 Å². The number of aliphatic hydroxyl groups excluding tert-OH is 2. The molecule has 2 aliphatic rings. The first-order chi connectivity index (χ1) is 16.9. The van der Waals surface area contributed by atoms with Crippen LogP contribution in [0.4, 0.5) is 0 Å². The van der Waals surface area contributed by atoms with Gasteiger partial charge in [0.05, 0.1) is 12.4 Å². The molecule has 2 N–H and O–H groups in total. The second-order valence-corrected chi connectivity index (χ2v) is 9.10. The minimum Gasteiger partial charge on any atom is -0.513 e. The number of benzene rings is 1. The molecule has 194 valence electrons. The monoisotopic (exact) mass is 481 g/mol. The zero-order chi connectivity index (χ0) is 26.1. The van der Waals surface area contributed by atoms with Crippen molar-refractivity contribution >= 4 is 0 Å². The standard InChI is InChI=1S/C23H28O.C6H13NO.C2H6O/c1-5-7-11-19(6-2)22-15-14-21(16-17(3)24)18(4)23(22)20-12-9-8-10-13-20;8-6-5-7-3-1-2-4-7;1-3-2/h5-13,16,22-24H,2,14-15H2,1,3-4H3;8H,1-6H2;1-2H3/b7-5-,17-16+,19-11+;;/t22-,23+;;/m1../s1. The smallest absolute Gasteiger partial charge is 0.0894 e. The maximum Gasteiger partial charge on any atom is 0.0894 e. The molecule has 35 heavy (non-hydrogen) atoms. The summed E-state index contributed by atoms with van der Waals surface area (Å²) in [6.45, 7) is 13.6. The van der Waals surface area contributed by atoms with Crippen LogP contribution in [0.3, 0.4) is 0 Å². The number of ether oxygens (including phenoxy) is 1. The largest absolute Gasteiger partial charge is 0.513 e. The molecule has 1 heterocycles. The summed E-state index contributed by atoms with van der Waals surface area (Å²) in [6, 6.07) is 10.7. The van der Waals surface area contributed by atoms with Gasteiger partial charge in [-0.3, -0.25) is 0 Å². The number of hydrogen-bond acceptors (Lipinski definition) is 4. The number of aliphatic hydroxyl groups is 2. The van der Waals surface area contributed by atoms with Crippen molar-refractivity contribution in [1.82, 2.24) is 4.90 Å². The van der Waals surface area contributed by atoms with E-state index in [1.807, 2.05) is 19.1 Å². The number of hydrogen-bond donors (Lipinski definition) is 2. The quantitative estimate of drug-likeness (QED) is 0.326. The number of rotatable bonds is 7. The van der Waals surface area contributed by atoms with Gasteiger partial charge in [0.1, 0.15) is 0 Å². The Labute approximate surface area is 214 Å². The lowest BCUT2D eigenvalue weighted by molar-refractivity contribution is 0.221. The summed E-state index contributed by atoms with van der Waals surface area (Å²) >= 11 is 0. The molecule has 0 unspecified atom stereocenters. The summed E-state index contributed by atoms with van der Waals surface area (Å²) in [5.41, 5.74) is 5.22. The molecule has 1 aromatic carbocycles. The Balaban J connectivity index is 0.000000461. The fraction of sp³-hybridized carbons (Fsp3) is 0.484. The van der Waals surface area contributed by atoms with Gasteiger partial charge < -0.3 is 19.8 Å². The summed E-state index contributed by atoms with van der Waals surface area (Å²) in [5.74, 6) is 1.11. The van der Waals surface area contributed by atoms with Gasteiger partial charge in [0, 0.05) is 26.7 Å². The topological polar surface area (TPSA) is 52.9 Å². The van der Waals surface area contributed by atoms with Crippen molar-refractivity contribution < 1.29 is 14.9 Å². The predicted molar refractivity (Wildman–Crippen MR) is 150 cm³/mol. The van der Waals surface area contributed by atoms with E-state index in [1.165, 1.54) is 48.2 Å². The van der Waals surface area contributed by atoms with Crippen LogP contribution in [0.25, 0.3) is 0 Å². The van der Waals surface area contributed by atoms with E-state index < -0.39 is 0 Å². The first-order valence-corrected chi connectivity index (χ1v) is 12.7. The molecule has 3 rings (SSSR count). The van der Waals surface area contributed by atoms with Crippen molar-refractivity contribution in [2.24, 2.45) is 5.92 Å². The highest BCUT2D eigenvalue weighted by molar-refractivity contribution is 5.43. The summed E-state index contributed by atoms with van der Waals surface area (Å²) in [6.07, 6.45) is 14.9. The van der Waals surface area contributed by atoms with E-state index >= 15 is 0 Å². The zero-order valence-corrected chi connectivity index (χ0v) is 22.5. The van der Waals surface area contributed by atoms with Gasteiger partial charge in [-0.1, -0.05) is 66.8 Å². The average Bonchev–Trinajstić information content (AvgIpc) is 3.36. The molecule has 2 atom stereocenters. The number of allylic oxidation sites excluding steroid dienone is 9. The molecule has 0 saturated carbocycles. The van der Waals surface area contributed by atoms with Crippen LogP contribution in [0.1, 0.15) is 57.9 Å². The Bertz CT molecular complexity index is 841. The van der Waals surface area contributed by atoms with Crippen molar-refractivity contribution in [3.8, 4) is 0 Å². The molecule has 1 aromatic rings. The van der Waals surface area contributed by atoms with Crippen molar-refractivity contribution in [3.63, 3.8) is 0 Å². The van der Waals surface area contributed by atoms with Crippen LogP contribution >= 0.6 is 0 Å². The highest BCUT2D eigenvalue weighted by atomic mass is 16.4. The Kier molecular flexibility index (Phi) is 15.7. The number of methoxy groups -OCH3 is 1. The SMILES string of the molecule is C=C/C(=C\C=C/C)[C@H]1CCC(/C=C(\C)O)=C(C)[C@H]1c1ccccc1.COC.OCCN1CCCC1. The Morgan fingerprint density at radius 1 is 1.17 bits per heavy atom. The molecule has 0 spiro atoms. The molecular weight excluding hydrogens is 434 g/mol. The second kappa shape index (κ2) is 18.0. The Morgan fingerprint density at radius 3 is 2.31 bits per heavy atom. The molecule has 0 radical (unpaired) electrons. The molecule has 0 amide bonds. The van der Waals surface area contributed by atoms with Gasteiger partial charge in [0.25, 0.3) is 0 Å². The molecule has 4 heteroatoms. The lowest BCUT2D eigenvalue weighted by Gasteiger charge is -2.35. The van der Waals surface area contributed by atoms with E-state index in [1.54, 1.807) is 21.1 Å². The molecule has 1 fully saturated rings. The van der Waals surface area contributed by atoms with Gasteiger partial charge in [-0.2, -0.15) is 0 Å². The van der Waals surface area contributed by atoms with Crippen LogP contribution in [0, 0.1) is 5.92 Å². The molecule has 1 aliphatic carbocycles. The van der Waals surface area contributed by atoms with E-state index in [9.17, 15) is 5.11 Å². The zero-order valence-electron chi connectivity index (χ0n) is 22.5. The summed E-state index contributed by atoms with van der Waals surface area (Å²) in [4.78, 5) is 2.29. The number of likely N-dealkylation sites (tertiary alicyclic amines) is 1. The van der Waals surface area contributed by atoms with Crippen molar-refractivity contribution in [2.75, 3.05) is 40.5 Å².